The first-order chi connectivity index (χ1) is 9.79. The number of rotatable bonds is 7. The number of likely N-dealkylation sites (tertiary alicyclic amines) is 1. The molecule has 1 atom stereocenters. The molecular weight excluding hydrogens is 312 g/mol. The maximum absolute atomic E-state index is 3.70. The summed E-state index contributed by atoms with van der Waals surface area (Å²) < 4.78 is 1.15. The van der Waals surface area contributed by atoms with Crippen molar-refractivity contribution in [2.45, 2.75) is 45.1 Å². The normalized spacial score (nSPS) is 18.1. The summed E-state index contributed by atoms with van der Waals surface area (Å²) in [6.07, 6.45) is 6.61. The van der Waals surface area contributed by atoms with Crippen LogP contribution in [0.5, 0.6) is 0 Å². The quantitative estimate of drug-likeness (QED) is 0.742. The average molecular weight is 339 g/mol. The summed E-state index contributed by atoms with van der Waals surface area (Å²) >= 11 is 3.50. The van der Waals surface area contributed by atoms with E-state index in [2.05, 4.69) is 57.3 Å². The molecule has 20 heavy (non-hydrogen) atoms. The second kappa shape index (κ2) is 8.81. The highest BCUT2D eigenvalue weighted by molar-refractivity contribution is 9.10. The molecule has 112 valence electrons. The van der Waals surface area contributed by atoms with Crippen molar-refractivity contribution in [1.82, 2.24) is 10.2 Å². The van der Waals surface area contributed by atoms with Crippen LogP contribution in [0.4, 0.5) is 0 Å². The summed E-state index contributed by atoms with van der Waals surface area (Å²) in [5, 5.41) is 3.70. The molecule has 0 aromatic heterocycles. The zero-order chi connectivity index (χ0) is 14.2. The largest absolute Gasteiger partial charge is 0.310 e. The minimum atomic E-state index is 0.490. The molecule has 1 unspecified atom stereocenters. The Morgan fingerprint density at radius 1 is 1.15 bits per heavy atom. The van der Waals surface area contributed by atoms with Crippen molar-refractivity contribution in [1.29, 1.82) is 0 Å². The van der Waals surface area contributed by atoms with Gasteiger partial charge in [0.2, 0.25) is 0 Å². The van der Waals surface area contributed by atoms with Crippen molar-refractivity contribution in [2.24, 2.45) is 0 Å². The zero-order valence-corrected chi connectivity index (χ0v) is 14.2. The fourth-order valence-electron chi connectivity index (χ4n) is 2.95. The van der Waals surface area contributed by atoms with Crippen LogP contribution in [0.25, 0.3) is 0 Å². The van der Waals surface area contributed by atoms with E-state index >= 15 is 0 Å². The van der Waals surface area contributed by atoms with Gasteiger partial charge in [0.1, 0.15) is 0 Å². The van der Waals surface area contributed by atoms with Crippen molar-refractivity contribution < 1.29 is 0 Å². The van der Waals surface area contributed by atoms with Crippen LogP contribution in [0, 0.1) is 0 Å². The van der Waals surface area contributed by atoms with E-state index in [1.54, 1.807) is 0 Å². The highest BCUT2D eigenvalue weighted by Crippen LogP contribution is 2.19. The van der Waals surface area contributed by atoms with Crippen LogP contribution < -0.4 is 5.32 Å². The van der Waals surface area contributed by atoms with Crippen molar-refractivity contribution in [3.05, 3.63) is 34.3 Å². The van der Waals surface area contributed by atoms with Crippen LogP contribution >= 0.6 is 15.9 Å². The van der Waals surface area contributed by atoms with Crippen molar-refractivity contribution >= 4 is 15.9 Å². The second-order valence-corrected chi connectivity index (χ2v) is 6.64. The van der Waals surface area contributed by atoms with Gasteiger partial charge in [0.25, 0.3) is 0 Å². The SMILES string of the molecule is CCC(NCCCN1CCCCC1)c1ccc(Br)cc1. The zero-order valence-electron chi connectivity index (χ0n) is 12.6. The molecular formula is C17H27BrN2. The van der Waals surface area contributed by atoms with Crippen molar-refractivity contribution in [2.75, 3.05) is 26.2 Å². The third-order valence-electron chi connectivity index (χ3n) is 4.17. The first-order valence-electron chi connectivity index (χ1n) is 8.01. The molecule has 0 bridgehead atoms. The molecule has 2 nitrogen and oxygen atoms in total. The van der Waals surface area contributed by atoms with Crippen molar-refractivity contribution in [3.63, 3.8) is 0 Å². The van der Waals surface area contributed by atoms with E-state index in [-0.39, 0.29) is 0 Å². The predicted octanol–water partition coefficient (Wildman–Crippen LogP) is 4.37. The smallest absolute Gasteiger partial charge is 0.0317 e. The molecule has 3 heteroatoms. The molecule has 0 radical (unpaired) electrons. The maximum Gasteiger partial charge on any atom is 0.0317 e. The number of hydrogen-bond acceptors (Lipinski definition) is 2. The molecule has 2 rings (SSSR count). The average Bonchev–Trinajstić information content (AvgIpc) is 2.50. The van der Waals surface area contributed by atoms with Gasteiger partial charge >= 0.3 is 0 Å². The van der Waals surface area contributed by atoms with Crippen LogP contribution in [0.3, 0.4) is 0 Å². The van der Waals surface area contributed by atoms with Crippen LogP contribution in [-0.4, -0.2) is 31.1 Å². The minimum absolute atomic E-state index is 0.490. The standard InChI is InChI=1S/C17H27BrN2/c1-2-17(15-7-9-16(18)10-8-15)19-11-6-14-20-12-4-3-5-13-20/h7-10,17,19H,2-6,11-14H2,1H3. The molecule has 0 saturated carbocycles. The maximum atomic E-state index is 3.70. The van der Waals surface area contributed by atoms with E-state index in [0.29, 0.717) is 6.04 Å². The second-order valence-electron chi connectivity index (χ2n) is 5.72. The summed E-state index contributed by atoms with van der Waals surface area (Å²) in [6.45, 7) is 7.24. The molecule has 1 aliphatic heterocycles. The number of piperidine rings is 1. The first-order valence-corrected chi connectivity index (χ1v) is 8.80. The molecule has 0 spiro atoms. The first kappa shape index (κ1) is 16.0. The van der Waals surface area contributed by atoms with Gasteiger partial charge < -0.3 is 10.2 Å². The van der Waals surface area contributed by atoms with Crippen LogP contribution in [0.15, 0.2) is 28.7 Å². The van der Waals surface area contributed by atoms with Gasteiger partial charge in [-0.1, -0.05) is 41.4 Å². The Balaban J connectivity index is 1.69. The molecule has 1 saturated heterocycles. The number of hydrogen-bond donors (Lipinski definition) is 1. The fourth-order valence-corrected chi connectivity index (χ4v) is 3.22. The number of nitrogens with one attached hydrogen (secondary N) is 1. The molecule has 1 aliphatic rings. The summed E-state index contributed by atoms with van der Waals surface area (Å²) in [5.41, 5.74) is 1.40. The Kier molecular flexibility index (Phi) is 7.05. The summed E-state index contributed by atoms with van der Waals surface area (Å²) in [5.74, 6) is 0. The van der Waals surface area contributed by atoms with E-state index in [1.165, 1.54) is 50.9 Å². The molecule has 0 aliphatic carbocycles. The summed E-state index contributed by atoms with van der Waals surface area (Å²) in [4.78, 5) is 2.62. The van der Waals surface area contributed by atoms with Gasteiger partial charge in [0, 0.05) is 10.5 Å². The third kappa shape index (κ3) is 5.19. The van der Waals surface area contributed by atoms with Crippen LogP contribution in [0.2, 0.25) is 0 Å². The molecule has 1 aromatic carbocycles. The van der Waals surface area contributed by atoms with Gasteiger partial charge in [0.05, 0.1) is 0 Å². The molecule has 1 N–H and O–H groups in total. The summed E-state index contributed by atoms with van der Waals surface area (Å²) in [7, 11) is 0. The number of halogens is 1. The predicted molar refractivity (Wildman–Crippen MR) is 90.1 cm³/mol. The Labute approximate surface area is 132 Å². The molecule has 1 fully saturated rings. The van der Waals surface area contributed by atoms with E-state index in [9.17, 15) is 0 Å². The molecule has 1 heterocycles. The Hall–Kier alpha value is -0.380. The Morgan fingerprint density at radius 2 is 1.85 bits per heavy atom. The summed E-state index contributed by atoms with van der Waals surface area (Å²) in [6, 6.07) is 9.19. The van der Waals surface area contributed by atoms with Gasteiger partial charge in [0.15, 0.2) is 0 Å². The third-order valence-corrected chi connectivity index (χ3v) is 4.70. The Morgan fingerprint density at radius 3 is 2.50 bits per heavy atom. The monoisotopic (exact) mass is 338 g/mol. The van der Waals surface area contributed by atoms with Gasteiger partial charge in [-0.3, -0.25) is 0 Å². The van der Waals surface area contributed by atoms with E-state index in [1.807, 2.05) is 0 Å². The van der Waals surface area contributed by atoms with E-state index < -0.39 is 0 Å². The van der Waals surface area contributed by atoms with Gasteiger partial charge in [-0.2, -0.15) is 0 Å². The van der Waals surface area contributed by atoms with Crippen LogP contribution in [0.1, 0.15) is 50.6 Å². The molecule has 1 aromatic rings. The van der Waals surface area contributed by atoms with Crippen molar-refractivity contribution in [3.8, 4) is 0 Å². The lowest BCUT2D eigenvalue weighted by Gasteiger charge is -2.26. The minimum Gasteiger partial charge on any atom is -0.310 e. The highest BCUT2D eigenvalue weighted by Gasteiger charge is 2.11. The number of nitrogens with zero attached hydrogens (tertiary/aromatic N) is 1. The lowest BCUT2D eigenvalue weighted by Crippen LogP contribution is -2.32. The molecule has 0 amide bonds. The van der Waals surface area contributed by atoms with E-state index in [0.717, 1.165) is 17.4 Å². The van der Waals surface area contributed by atoms with Gasteiger partial charge in [-0.05, 0) is 69.6 Å². The fraction of sp³-hybridized carbons (Fsp3) is 0.647. The van der Waals surface area contributed by atoms with Gasteiger partial charge in [-0.25, -0.2) is 0 Å². The lowest BCUT2D eigenvalue weighted by atomic mass is 10.0. The topological polar surface area (TPSA) is 15.3 Å². The highest BCUT2D eigenvalue weighted by atomic mass is 79.9. The van der Waals surface area contributed by atoms with Gasteiger partial charge in [-0.15, -0.1) is 0 Å². The lowest BCUT2D eigenvalue weighted by molar-refractivity contribution is 0.224. The number of benzene rings is 1. The van der Waals surface area contributed by atoms with E-state index in [4.69, 9.17) is 0 Å². The Bertz CT molecular complexity index is 371. The van der Waals surface area contributed by atoms with Crippen LogP contribution in [-0.2, 0) is 0 Å².